The first-order chi connectivity index (χ1) is 11.3. The van der Waals surface area contributed by atoms with E-state index >= 15 is 0 Å². The van der Waals surface area contributed by atoms with Gasteiger partial charge in [0.15, 0.2) is 6.61 Å². The van der Waals surface area contributed by atoms with Crippen LogP contribution in [0.25, 0.3) is 0 Å². The molecule has 25 heavy (non-hydrogen) atoms. The largest absolute Gasteiger partial charge is 0.483 e. The number of amides is 1. The lowest BCUT2D eigenvalue weighted by Crippen LogP contribution is -2.43. The maximum Gasteiger partial charge on any atom is 0.258 e. The Morgan fingerprint density at radius 2 is 2.00 bits per heavy atom. The van der Waals surface area contributed by atoms with E-state index in [1.54, 1.807) is 0 Å². The SMILES string of the molecule is CCOCCCNCc1cc(Br)ccc1OCC(=O)NC(C)(C)C.Cl. The van der Waals surface area contributed by atoms with Gasteiger partial charge in [0, 0.05) is 35.3 Å². The molecular formula is C18H30BrClN2O3. The second kappa shape index (κ2) is 12.5. The van der Waals surface area contributed by atoms with Crippen molar-refractivity contribution in [3.63, 3.8) is 0 Å². The third kappa shape index (κ3) is 11.4. The highest BCUT2D eigenvalue weighted by Gasteiger charge is 2.14. The Kier molecular flexibility index (Phi) is 12.1. The molecule has 144 valence electrons. The van der Waals surface area contributed by atoms with Crippen LogP contribution in [0.4, 0.5) is 0 Å². The minimum atomic E-state index is -0.259. The van der Waals surface area contributed by atoms with Crippen molar-refractivity contribution in [1.82, 2.24) is 10.6 Å². The molecule has 2 N–H and O–H groups in total. The van der Waals surface area contributed by atoms with Crippen LogP contribution in [0.1, 0.15) is 39.7 Å². The average molecular weight is 438 g/mol. The van der Waals surface area contributed by atoms with Gasteiger partial charge >= 0.3 is 0 Å². The van der Waals surface area contributed by atoms with Crippen LogP contribution in [0.5, 0.6) is 5.75 Å². The Bertz CT molecular complexity index is 522. The summed E-state index contributed by atoms with van der Waals surface area (Å²) in [5.41, 5.74) is 0.759. The number of halogens is 2. The van der Waals surface area contributed by atoms with E-state index in [9.17, 15) is 4.79 Å². The van der Waals surface area contributed by atoms with Crippen molar-refractivity contribution in [2.24, 2.45) is 0 Å². The van der Waals surface area contributed by atoms with Crippen LogP contribution in [0.2, 0.25) is 0 Å². The molecule has 0 heterocycles. The molecule has 0 spiro atoms. The topological polar surface area (TPSA) is 59.6 Å². The summed E-state index contributed by atoms with van der Waals surface area (Å²) >= 11 is 3.48. The molecule has 0 fully saturated rings. The van der Waals surface area contributed by atoms with Crippen molar-refractivity contribution in [1.29, 1.82) is 0 Å². The number of hydrogen-bond donors (Lipinski definition) is 2. The molecule has 0 radical (unpaired) electrons. The Hall–Kier alpha value is -0.820. The maximum absolute atomic E-state index is 11.9. The van der Waals surface area contributed by atoms with E-state index < -0.39 is 0 Å². The predicted molar refractivity (Wildman–Crippen MR) is 108 cm³/mol. The zero-order valence-electron chi connectivity index (χ0n) is 15.5. The van der Waals surface area contributed by atoms with Crippen molar-refractivity contribution in [3.8, 4) is 5.75 Å². The van der Waals surface area contributed by atoms with Gasteiger partial charge in [-0.25, -0.2) is 0 Å². The minimum Gasteiger partial charge on any atom is -0.483 e. The third-order valence-electron chi connectivity index (χ3n) is 3.06. The fraction of sp³-hybridized carbons (Fsp3) is 0.611. The molecule has 0 saturated carbocycles. The summed E-state index contributed by atoms with van der Waals surface area (Å²) in [6, 6.07) is 5.80. The number of nitrogens with one attached hydrogen (secondary N) is 2. The van der Waals surface area contributed by atoms with E-state index in [4.69, 9.17) is 9.47 Å². The standard InChI is InChI=1S/C18H29BrN2O3.ClH/c1-5-23-10-6-9-20-12-14-11-15(19)7-8-16(14)24-13-17(22)21-18(2,3)4;/h7-8,11,20H,5-6,9-10,12-13H2,1-4H3,(H,21,22);1H. The summed E-state index contributed by atoms with van der Waals surface area (Å²) in [6.07, 6.45) is 0.964. The van der Waals surface area contributed by atoms with E-state index in [0.29, 0.717) is 6.54 Å². The van der Waals surface area contributed by atoms with Crippen molar-refractivity contribution in [3.05, 3.63) is 28.2 Å². The van der Waals surface area contributed by atoms with Gasteiger partial charge < -0.3 is 20.1 Å². The van der Waals surface area contributed by atoms with Crippen LogP contribution < -0.4 is 15.4 Å². The summed E-state index contributed by atoms with van der Waals surface area (Å²) in [6.45, 7) is 10.9. The van der Waals surface area contributed by atoms with E-state index in [1.165, 1.54) is 0 Å². The summed E-state index contributed by atoms with van der Waals surface area (Å²) < 4.78 is 12.0. The van der Waals surface area contributed by atoms with E-state index in [2.05, 4.69) is 26.6 Å². The molecular weight excluding hydrogens is 408 g/mol. The van der Waals surface area contributed by atoms with Gasteiger partial charge in [-0.2, -0.15) is 0 Å². The van der Waals surface area contributed by atoms with Crippen LogP contribution >= 0.6 is 28.3 Å². The molecule has 1 amide bonds. The maximum atomic E-state index is 11.9. The summed E-state index contributed by atoms with van der Waals surface area (Å²) in [4.78, 5) is 11.9. The first-order valence-electron chi connectivity index (χ1n) is 8.32. The van der Waals surface area contributed by atoms with Gasteiger partial charge in [-0.3, -0.25) is 4.79 Å². The lowest BCUT2D eigenvalue weighted by Gasteiger charge is -2.21. The smallest absolute Gasteiger partial charge is 0.258 e. The van der Waals surface area contributed by atoms with Crippen molar-refractivity contribution < 1.29 is 14.3 Å². The van der Waals surface area contributed by atoms with Gasteiger partial charge in [-0.1, -0.05) is 15.9 Å². The van der Waals surface area contributed by atoms with Crippen LogP contribution in [-0.2, 0) is 16.1 Å². The Morgan fingerprint density at radius 1 is 1.28 bits per heavy atom. The van der Waals surface area contributed by atoms with Crippen LogP contribution in [0, 0.1) is 0 Å². The van der Waals surface area contributed by atoms with E-state index in [-0.39, 0.29) is 30.5 Å². The zero-order valence-corrected chi connectivity index (χ0v) is 17.9. The van der Waals surface area contributed by atoms with Crippen LogP contribution in [0.3, 0.4) is 0 Å². The predicted octanol–water partition coefficient (Wildman–Crippen LogP) is 3.68. The van der Waals surface area contributed by atoms with Gasteiger partial charge in [-0.15, -0.1) is 12.4 Å². The Balaban J connectivity index is 0.00000576. The first-order valence-corrected chi connectivity index (χ1v) is 9.12. The van der Waals surface area contributed by atoms with Gasteiger partial charge in [0.2, 0.25) is 0 Å². The molecule has 0 aliphatic heterocycles. The van der Waals surface area contributed by atoms with Crippen molar-refractivity contribution in [2.45, 2.75) is 46.2 Å². The monoisotopic (exact) mass is 436 g/mol. The molecule has 5 nitrogen and oxygen atoms in total. The molecule has 0 aliphatic carbocycles. The number of hydrogen-bond acceptors (Lipinski definition) is 4. The lowest BCUT2D eigenvalue weighted by atomic mass is 10.1. The number of carbonyl (C=O) groups is 1. The molecule has 0 saturated heterocycles. The summed E-state index contributed by atoms with van der Waals surface area (Å²) in [5.74, 6) is 0.598. The van der Waals surface area contributed by atoms with Gasteiger partial charge in [0.25, 0.3) is 5.91 Å². The molecule has 0 unspecified atom stereocenters. The highest BCUT2D eigenvalue weighted by molar-refractivity contribution is 9.10. The van der Waals surface area contributed by atoms with Gasteiger partial charge in [0.05, 0.1) is 0 Å². The van der Waals surface area contributed by atoms with E-state index in [0.717, 1.165) is 42.0 Å². The fourth-order valence-electron chi connectivity index (χ4n) is 2.09. The number of carbonyl (C=O) groups excluding carboxylic acids is 1. The Morgan fingerprint density at radius 3 is 2.64 bits per heavy atom. The highest BCUT2D eigenvalue weighted by Crippen LogP contribution is 2.23. The van der Waals surface area contributed by atoms with Gasteiger partial charge in [-0.05, 0) is 58.9 Å². The average Bonchev–Trinajstić information content (AvgIpc) is 2.48. The quantitative estimate of drug-likeness (QED) is 0.548. The Labute approximate surface area is 165 Å². The first kappa shape index (κ1) is 24.2. The molecule has 1 aromatic rings. The molecule has 0 aromatic heterocycles. The summed E-state index contributed by atoms with van der Waals surface area (Å²) in [7, 11) is 0. The molecule has 7 heteroatoms. The highest BCUT2D eigenvalue weighted by atomic mass is 79.9. The molecule has 0 atom stereocenters. The van der Waals surface area contributed by atoms with Crippen LogP contribution in [0.15, 0.2) is 22.7 Å². The second-order valence-corrected chi connectivity index (χ2v) is 7.48. The number of benzene rings is 1. The zero-order chi connectivity index (χ0) is 18.0. The normalized spacial score (nSPS) is 10.9. The molecule has 1 aromatic carbocycles. The number of ether oxygens (including phenoxy) is 2. The van der Waals surface area contributed by atoms with Crippen LogP contribution in [-0.4, -0.2) is 37.8 Å². The van der Waals surface area contributed by atoms with E-state index in [1.807, 2.05) is 45.9 Å². The van der Waals surface area contributed by atoms with Crippen molar-refractivity contribution in [2.75, 3.05) is 26.4 Å². The van der Waals surface area contributed by atoms with Crippen molar-refractivity contribution >= 4 is 34.2 Å². The molecule has 0 bridgehead atoms. The lowest BCUT2D eigenvalue weighted by molar-refractivity contribution is -0.124. The third-order valence-corrected chi connectivity index (χ3v) is 3.55. The fourth-order valence-corrected chi connectivity index (χ4v) is 2.50. The number of rotatable bonds is 10. The molecule has 0 aliphatic rings. The summed E-state index contributed by atoms with van der Waals surface area (Å²) in [5, 5.41) is 6.26. The van der Waals surface area contributed by atoms with Gasteiger partial charge in [0.1, 0.15) is 5.75 Å². The molecule has 1 rings (SSSR count). The second-order valence-electron chi connectivity index (χ2n) is 6.57. The minimum absolute atomic E-state index is 0.